The van der Waals surface area contributed by atoms with E-state index in [1.165, 1.54) is 56.9 Å². The van der Waals surface area contributed by atoms with E-state index in [-0.39, 0.29) is 5.91 Å². The van der Waals surface area contributed by atoms with Gasteiger partial charge in [0.25, 0.3) is 5.91 Å². The van der Waals surface area contributed by atoms with E-state index >= 15 is 0 Å². The number of nitrogens with one attached hydrogen (secondary N) is 1. The summed E-state index contributed by atoms with van der Waals surface area (Å²) in [5.74, 6) is 0.738. The minimum absolute atomic E-state index is 0.337. The summed E-state index contributed by atoms with van der Waals surface area (Å²) in [6, 6.07) is 14.3. The van der Waals surface area contributed by atoms with Crippen LogP contribution in [0.2, 0.25) is 0 Å². The fourth-order valence-electron chi connectivity index (χ4n) is 6.53. The Hall–Kier alpha value is -2.35. The number of aliphatic carboxylic acids is 1. The third-order valence-electron chi connectivity index (χ3n) is 9.31. The number of hydrogen-bond donors (Lipinski definition) is 2. The molecule has 2 N–H and O–H groups in total. The van der Waals surface area contributed by atoms with Gasteiger partial charge in [-0.05, 0) is 97.3 Å². The molecule has 44 heavy (non-hydrogen) atoms. The number of amides is 1. The van der Waals surface area contributed by atoms with Gasteiger partial charge in [-0.1, -0.05) is 76.3 Å². The van der Waals surface area contributed by atoms with Crippen LogP contribution in [0.5, 0.6) is 0 Å². The van der Waals surface area contributed by atoms with Crippen molar-refractivity contribution < 1.29 is 19.4 Å². The number of carbonyl (C=O) groups excluding carboxylic acids is 1. The number of carbonyl (C=O) groups is 2. The molecule has 0 saturated heterocycles. The Kier molecular flexibility index (Phi) is 13.6. The van der Waals surface area contributed by atoms with E-state index in [1.807, 2.05) is 24.5 Å². The summed E-state index contributed by atoms with van der Waals surface area (Å²) in [6.07, 6.45) is 13.8. The van der Waals surface area contributed by atoms with Gasteiger partial charge >= 0.3 is 5.97 Å². The van der Waals surface area contributed by atoms with Crippen LogP contribution in [0.3, 0.4) is 0 Å². The zero-order chi connectivity index (χ0) is 31.5. The SMILES string of the molecule is CSCC[C@H](NC(=O)c1ccc(CN(C2CC2)[C@@H](COCCC(C)C)CC2CCCCC2)cc1-c1ccccc1C)C(=O)O. The number of rotatable bonds is 18. The molecule has 0 heterocycles. The molecule has 0 bridgehead atoms. The first kappa shape index (κ1) is 34.5. The van der Waals surface area contributed by atoms with Crippen molar-refractivity contribution in [3.8, 4) is 11.1 Å². The predicted octanol–water partition coefficient (Wildman–Crippen LogP) is 7.96. The number of nitrogens with zero attached hydrogens (tertiary/aromatic N) is 1. The van der Waals surface area contributed by atoms with E-state index in [4.69, 9.17) is 4.74 Å². The van der Waals surface area contributed by atoms with E-state index in [0.29, 0.717) is 35.7 Å². The monoisotopic (exact) mass is 622 g/mol. The Labute approximate surface area is 269 Å². The highest BCUT2D eigenvalue weighted by Crippen LogP contribution is 2.36. The maximum absolute atomic E-state index is 13.6. The van der Waals surface area contributed by atoms with Crippen molar-refractivity contribution in [2.75, 3.05) is 25.2 Å². The van der Waals surface area contributed by atoms with E-state index in [1.54, 1.807) is 11.8 Å². The highest BCUT2D eigenvalue weighted by molar-refractivity contribution is 7.98. The second-order valence-corrected chi connectivity index (χ2v) is 14.4. The Morgan fingerprint density at radius 2 is 1.77 bits per heavy atom. The van der Waals surface area contributed by atoms with Gasteiger partial charge < -0.3 is 15.2 Å². The molecule has 0 aliphatic heterocycles. The standard InChI is InChI=1S/C37H54N2O4S/c1-26(2)18-20-43-25-31(22-28-11-6-5-7-12-28)39(30-15-16-30)24-29-14-17-33(34(23-29)32-13-9-8-10-27(32)3)36(40)38-35(37(41)42)19-21-44-4/h8-10,13-14,17,23,26,28,30-31,35H,5-7,11-12,15-16,18-22,24-25H2,1-4H3,(H,38,40)(H,41,42)/t31-,35+/m1/s1. The Morgan fingerprint density at radius 3 is 2.43 bits per heavy atom. The second kappa shape index (κ2) is 17.4. The fraction of sp³-hybridized carbons (Fsp3) is 0.622. The first-order valence-electron chi connectivity index (χ1n) is 16.8. The highest BCUT2D eigenvalue weighted by atomic mass is 32.2. The lowest BCUT2D eigenvalue weighted by Crippen LogP contribution is -2.42. The predicted molar refractivity (Wildman–Crippen MR) is 182 cm³/mol. The van der Waals surface area contributed by atoms with Gasteiger partial charge in [-0.15, -0.1) is 0 Å². The molecular formula is C37H54N2O4S. The molecule has 0 spiro atoms. The molecular weight excluding hydrogens is 568 g/mol. The Morgan fingerprint density at radius 1 is 1.02 bits per heavy atom. The van der Waals surface area contributed by atoms with E-state index in [9.17, 15) is 14.7 Å². The number of carboxylic acids is 1. The van der Waals surface area contributed by atoms with E-state index in [0.717, 1.165) is 48.8 Å². The molecule has 0 radical (unpaired) electrons. The minimum atomic E-state index is -0.999. The van der Waals surface area contributed by atoms with Crippen LogP contribution in [0.4, 0.5) is 0 Å². The van der Waals surface area contributed by atoms with Crippen molar-refractivity contribution in [2.45, 2.75) is 110 Å². The first-order valence-corrected chi connectivity index (χ1v) is 18.2. The Balaban J connectivity index is 1.61. The van der Waals surface area contributed by atoms with Gasteiger partial charge in [0.1, 0.15) is 6.04 Å². The second-order valence-electron chi connectivity index (χ2n) is 13.4. The topological polar surface area (TPSA) is 78.9 Å². The number of hydrogen-bond acceptors (Lipinski definition) is 5. The molecule has 7 heteroatoms. The minimum Gasteiger partial charge on any atom is -0.480 e. The third-order valence-corrected chi connectivity index (χ3v) is 9.95. The molecule has 2 saturated carbocycles. The normalized spacial score (nSPS) is 17.1. The van der Waals surface area contributed by atoms with Gasteiger partial charge in [0.2, 0.25) is 0 Å². The maximum Gasteiger partial charge on any atom is 0.326 e. The molecule has 1 amide bonds. The molecule has 2 aromatic rings. The van der Waals surface area contributed by atoms with Gasteiger partial charge in [-0.25, -0.2) is 4.79 Å². The quantitative estimate of drug-likeness (QED) is 0.164. The van der Waals surface area contributed by atoms with Crippen LogP contribution in [0, 0.1) is 18.8 Å². The molecule has 2 fully saturated rings. The Bertz CT molecular complexity index is 1210. The fourth-order valence-corrected chi connectivity index (χ4v) is 7.00. The summed E-state index contributed by atoms with van der Waals surface area (Å²) < 4.78 is 6.34. The van der Waals surface area contributed by atoms with Crippen LogP contribution < -0.4 is 5.32 Å². The van der Waals surface area contributed by atoms with E-state index in [2.05, 4.69) is 55.3 Å². The molecule has 2 aromatic carbocycles. The molecule has 2 aliphatic rings. The summed E-state index contributed by atoms with van der Waals surface area (Å²) in [4.78, 5) is 28.2. The van der Waals surface area contributed by atoms with Crippen molar-refractivity contribution in [2.24, 2.45) is 11.8 Å². The van der Waals surface area contributed by atoms with Gasteiger partial charge in [0.15, 0.2) is 0 Å². The van der Waals surface area contributed by atoms with Gasteiger partial charge in [-0.2, -0.15) is 11.8 Å². The van der Waals surface area contributed by atoms with Crippen LogP contribution in [-0.4, -0.2) is 65.2 Å². The largest absolute Gasteiger partial charge is 0.480 e. The summed E-state index contributed by atoms with van der Waals surface area (Å²) in [5.41, 5.74) is 4.65. The molecule has 2 atom stereocenters. The molecule has 242 valence electrons. The number of benzene rings is 2. The van der Waals surface area contributed by atoms with Crippen LogP contribution >= 0.6 is 11.8 Å². The summed E-state index contributed by atoms with van der Waals surface area (Å²) in [6.45, 7) is 8.97. The van der Waals surface area contributed by atoms with Crippen LogP contribution in [-0.2, 0) is 16.1 Å². The van der Waals surface area contributed by atoms with Crippen LogP contribution in [0.15, 0.2) is 42.5 Å². The van der Waals surface area contributed by atoms with Gasteiger partial charge in [-0.3, -0.25) is 9.69 Å². The highest BCUT2D eigenvalue weighted by Gasteiger charge is 2.35. The average molecular weight is 623 g/mol. The lowest BCUT2D eigenvalue weighted by Gasteiger charge is -2.35. The van der Waals surface area contributed by atoms with E-state index < -0.39 is 12.0 Å². The van der Waals surface area contributed by atoms with Crippen molar-refractivity contribution in [1.29, 1.82) is 0 Å². The third kappa shape index (κ3) is 10.3. The van der Waals surface area contributed by atoms with Crippen LogP contribution in [0.1, 0.15) is 99.5 Å². The summed E-state index contributed by atoms with van der Waals surface area (Å²) in [7, 11) is 0. The molecule has 4 rings (SSSR count). The number of aryl methyl sites for hydroxylation is 1. The molecule has 2 aliphatic carbocycles. The lowest BCUT2D eigenvalue weighted by atomic mass is 9.84. The average Bonchev–Trinajstić information content (AvgIpc) is 3.85. The number of thioether (sulfide) groups is 1. The zero-order valence-electron chi connectivity index (χ0n) is 27.4. The van der Waals surface area contributed by atoms with Crippen molar-refractivity contribution in [3.63, 3.8) is 0 Å². The number of ether oxygens (including phenoxy) is 1. The molecule has 0 unspecified atom stereocenters. The van der Waals surface area contributed by atoms with Crippen molar-refractivity contribution in [3.05, 3.63) is 59.2 Å². The molecule has 0 aromatic heterocycles. The van der Waals surface area contributed by atoms with Crippen molar-refractivity contribution >= 4 is 23.6 Å². The number of carboxylic acid groups (broad SMARTS) is 1. The maximum atomic E-state index is 13.6. The smallest absolute Gasteiger partial charge is 0.326 e. The summed E-state index contributed by atoms with van der Waals surface area (Å²) in [5, 5.41) is 12.6. The first-order chi connectivity index (χ1) is 21.3. The summed E-state index contributed by atoms with van der Waals surface area (Å²) >= 11 is 1.58. The lowest BCUT2D eigenvalue weighted by molar-refractivity contribution is -0.139. The zero-order valence-corrected chi connectivity index (χ0v) is 28.2. The van der Waals surface area contributed by atoms with Crippen molar-refractivity contribution in [1.82, 2.24) is 10.2 Å². The van der Waals surface area contributed by atoms with Gasteiger partial charge in [0.05, 0.1) is 6.61 Å². The molecule has 6 nitrogen and oxygen atoms in total. The van der Waals surface area contributed by atoms with Gasteiger partial charge in [0, 0.05) is 30.8 Å². The van der Waals surface area contributed by atoms with Crippen LogP contribution in [0.25, 0.3) is 11.1 Å².